The van der Waals surface area contributed by atoms with Crippen molar-refractivity contribution >= 4 is 5.91 Å². The lowest BCUT2D eigenvalue weighted by Gasteiger charge is -2.39. The van der Waals surface area contributed by atoms with Gasteiger partial charge in [0, 0.05) is 18.0 Å². The zero-order chi connectivity index (χ0) is 17.7. The fraction of sp³-hybridized carbons (Fsp3) is 0.850. The van der Waals surface area contributed by atoms with Gasteiger partial charge in [-0.2, -0.15) is 0 Å². The molecule has 0 radical (unpaired) electrons. The largest absolute Gasteiger partial charge is 0.340 e. The van der Waals surface area contributed by atoms with E-state index in [1.807, 2.05) is 20.8 Å². The maximum atomic E-state index is 12.7. The maximum absolute atomic E-state index is 12.7. The Bertz CT molecular complexity index is 381. The normalized spacial score (nSPS) is 14.0. The van der Waals surface area contributed by atoms with Crippen molar-refractivity contribution in [2.45, 2.75) is 88.1 Å². The third kappa shape index (κ3) is 6.98. The van der Waals surface area contributed by atoms with Gasteiger partial charge in [0.05, 0.1) is 0 Å². The van der Waals surface area contributed by atoms with Gasteiger partial charge < -0.3 is 4.90 Å². The summed E-state index contributed by atoms with van der Waals surface area (Å²) in [5.41, 5.74) is 1.31. The molecule has 0 aliphatic rings. The van der Waals surface area contributed by atoms with Crippen LogP contribution in [0.25, 0.3) is 0 Å². The summed E-state index contributed by atoms with van der Waals surface area (Å²) in [7, 11) is 0. The first-order valence-electron chi connectivity index (χ1n) is 8.73. The molecule has 0 aliphatic carbocycles. The van der Waals surface area contributed by atoms with E-state index in [0.29, 0.717) is 5.92 Å². The Kier molecular flexibility index (Phi) is 7.88. The lowest BCUT2D eigenvalue weighted by Crippen LogP contribution is -2.47. The minimum absolute atomic E-state index is 0.233. The van der Waals surface area contributed by atoms with Crippen molar-refractivity contribution in [1.82, 2.24) is 4.90 Å². The van der Waals surface area contributed by atoms with Crippen molar-refractivity contribution < 1.29 is 4.79 Å². The van der Waals surface area contributed by atoms with Gasteiger partial charge in [0.25, 0.3) is 0 Å². The van der Waals surface area contributed by atoms with Crippen LogP contribution in [-0.4, -0.2) is 23.4 Å². The van der Waals surface area contributed by atoms with Crippen molar-refractivity contribution in [1.29, 1.82) is 0 Å². The number of amides is 1. The summed E-state index contributed by atoms with van der Waals surface area (Å²) in [6.07, 6.45) is 4.60. The molecular weight excluding hydrogens is 270 g/mol. The highest BCUT2D eigenvalue weighted by Crippen LogP contribution is 2.34. The molecule has 0 rings (SSSR count). The van der Waals surface area contributed by atoms with E-state index < -0.39 is 0 Å². The molecule has 2 heteroatoms. The first-order valence-corrected chi connectivity index (χ1v) is 8.73. The van der Waals surface area contributed by atoms with E-state index in [9.17, 15) is 4.79 Å². The second-order valence-electron chi connectivity index (χ2n) is 9.01. The van der Waals surface area contributed by atoms with Gasteiger partial charge in [0.15, 0.2) is 0 Å². The molecule has 22 heavy (non-hydrogen) atoms. The highest BCUT2D eigenvalue weighted by Gasteiger charge is 2.33. The summed E-state index contributed by atoms with van der Waals surface area (Å²) < 4.78 is 0. The second-order valence-corrected chi connectivity index (χ2v) is 9.01. The van der Waals surface area contributed by atoms with Crippen LogP contribution in [0.4, 0.5) is 0 Å². The van der Waals surface area contributed by atoms with Crippen LogP contribution in [0.15, 0.2) is 11.6 Å². The SMILES string of the molecule is CC(C)=CCCC(C)(C)C(C)CN(C(=O)C(C)(C)C)C(C)C. The predicted molar refractivity (Wildman–Crippen MR) is 97.9 cm³/mol. The number of carbonyl (C=O) groups is 1. The number of carbonyl (C=O) groups excluding carboxylic acids is 1. The molecule has 0 heterocycles. The Labute approximate surface area is 139 Å². The topological polar surface area (TPSA) is 20.3 Å². The Morgan fingerprint density at radius 2 is 1.55 bits per heavy atom. The van der Waals surface area contributed by atoms with E-state index in [2.05, 4.69) is 59.4 Å². The molecule has 0 aliphatic heterocycles. The first-order chi connectivity index (χ1) is 9.79. The monoisotopic (exact) mass is 309 g/mol. The lowest BCUT2D eigenvalue weighted by atomic mass is 9.75. The Balaban J connectivity index is 4.92. The van der Waals surface area contributed by atoms with Gasteiger partial charge in [-0.1, -0.05) is 53.2 Å². The standard InChI is InChI=1S/C20H39NO/c1-15(2)12-11-13-20(9,10)17(5)14-21(16(3)4)18(22)19(6,7)8/h12,16-17H,11,13-14H2,1-10H3. The Morgan fingerprint density at radius 1 is 1.05 bits per heavy atom. The summed E-state index contributed by atoms with van der Waals surface area (Å²) in [6, 6.07) is 0.253. The molecular formula is C20H39NO. The predicted octanol–water partition coefficient (Wildman–Crippen LogP) is 5.68. The molecule has 0 aromatic rings. The summed E-state index contributed by atoms with van der Waals surface area (Å²) in [5.74, 6) is 0.737. The molecule has 0 saturated carbocycles. The van der Waals surface area contributed by atoms with Crippen molar-refractivity contribution in [3.8, 4) is 0 Å². The molecule has 1 amide bonds. The van der Waals surface area contributed by atoms with Gasteiger partial charge >= 0.3 is 0 Å². The fourth-order valence-electron chi connectivity index (χ4n) is 2.48. The summed E-state index contributed by atoms with van der Waals surface area (Å²) >= 11 is 0. The summed E-state index contributed by atoms with van der Waals surface area (Å²) in [5, 5.41) is 0. The molecule has 130 valence electrons. The molecule has 1 unspecified atom stereocenters. The molecule has 2 nitrogen and oxygen atoms in total. The van der Waals surface area contributed by atoms with Crippen molar-refractivity contribution in [2.75, 3.05) is 6.54 Å². The number of rotatable bonds is 7. The van der Waals surface area contributed by atoms with Crippen LogP contribution >= 0.6 is 0 Å². The molecule has 0 spiro atoms. The van der Waals surface area contributed by atoms with Gasteiger partial charge in [0.2, 0.25) is 5.91 Å². The molecule has 1 atom stereocenters. The maximum Gasteiger partial charge on any atom is 0.228 e. The minimum Gasteiger partial charge on any atom is -0.340 e. The van der Waals surface area contributed by atoms with E-state index in [4.69, 9.17) is 0 Å². The highest BCUT2D eigenvalue weighted by molar-refractivity contribution is 5.81. The lowest BCUT2D eigenvalue weighted by molar-refractivity contribution is -0.142. The van der Waals surface area contributed by atoms with Crippen LogP contribution in [0.3, 0.4) is 0 Å². The molecule has 0 aromatic heterocycles. The zero-order valence-corrected chi connectivity index (χ0v) is 16.7. The van der Waals surface area contributed by atoms with E-state index in [0.717, 1.165) is 19.4 Å². The molecule has 0 N–H and O–H groups in total. The zero-order valence-electron chi connectivity index (χ0n) is 16.7. The van der Waals surface area contributed by atoms with Gasteiger partial charge in [-0.25, -0.2) is 0 Å². The molecule has 0 aromatic carbocycles. The minimum atomic E-state index is -0.309. The fourth-order valence-corrected chi connectivity index (χ4v) is 2.48. The molecule has 0 fully saturated rings. The average Bonchev–Trinajstić information content (AvgIpc) is 2.32. The first kappa shape index (κ1) is 21.2. The third-order valence-corrected chi connectivity index (χ3v) is 4.67. The summed E-state index contributed by atoms with van der Waals surface area (Å²) in [4.78, 5) is 14.8. The third-order valence-electron chi connectivity index (χ3n) is 4.67. The van der Waals surface area contributed by atoms with E-state index >= 15 is 0 Å². The van der Waals surface area contributed by atoms with Crippen LogP contribution in [0.5, 0.6) is 0 Å². The molecule has 0 bridgehead atoms. The number of allylic oxidation sites excluding steroid dienone is 2. The number of nitrogens with zero attached hydrogens (tertiary/aromatic N) is 1. The van der Waals surface area contributed by atoms with E-state index in [1.165, 1.54) is 5.57 Å². The van der Waals surface area contributed by atoms with Gasteiger partial charge in [-0.05, 0) is 51.9 Å². The van der Waals surface area contributed by atoms with Crippen LogP contribution < -0.4 is 0 Å². The smallest absolute Gasteiger partial charge is 0.228 e. The number of hydrogen-bond donors (Lipinski definition) is 0. The Morgan fingerprint density at radius 3 is 1.91 bits per heavy atom. The van der Waals surface area contributed by atoms with Crippen molar-refractivity contribution in [3.05, 3.63) is 11.6 Å². The van der Waals surface area contributed by atoms with Crippen molar-refractivity contribution in [3.63, 3.8) is 0 Å². The van der Waals surface area contributed by atoms with Gasteiger partial charge in [-0.3, -0.25) is 4.79 Å². The van der Waals surface area contributed by atoms with Gasteiger partial charge in [-0.15, -0.1) is 0 Å². The van der Waals surface area contributed by atoms with Gasteiger partial charge in [0.1, 0.15) is 0 Å². The second kappa shape index (κ2) is 8.17. The average molecular weight is 310 g/mol. The van der Waals surface area contributed by atoms with Crippen LogP contribution in [0, 0.1) is 16.7 Å². The van der Waals surface area contributed by atoms with Crippen molar-refractivity contribution in [2.24, 2.45) is 16.7 Å². The molecule has 0 saturated heterocycles. The quantitative estimate of drug-likeness (QED) is 0.554. The van der Waals surface area contributed by atoms with E-state index in [1.54, 1.807) is 0 Å². The van der Waals surface area contributed by atoms with Crippen LogP contribution in [0.2, 0.25) is 0 Å². The Hall–Kier alpha value is -0.790. The number of hydrogen-bond acceptors (Lipinski definition) is 1. The highest BCUT2D eigenvalue weighted by atomic mass is 16.2. The van der Waals surface area contributed by atoms with Crippen LogP contribution in [-0.2, 0) is 4.79 Å². The van der Waals surface area contributed by atoms with Crippen LogP contribution in [0.1, 0.15) is 82.1 Å². The van der Waals surface area contributed by atoms with E-state index in [-0.39, 0.29) is 22.8 Å². The summed E-state index contributed by atoms with van der Waals surface area (Å²) in [6.45, 7) is 22.4.